The van der Waals surface area contributed by atoms with E-state index in [2.05, 4.69) is 32.7 Å². The van der Waals surface area contributed by atoms with Gasteiger partial charge in [-0.15, -0.1) is 0 Å². The molecule has 1 fully saturated rings. The van der Waals surface area contributed by atoms with Gasteiger partial charge in [-0.25, -0.2) is 9.97 Å². The quantitative estimate of drug-likeness (QED) is 0.453. The monoisotopic (exact) mass is 493 g/mol. The largest absolute Gasteiger partial charge is 0.358 e. The van der Waals surface area contributed by atoms with E-state index in [4.69, 9.17) is 4.98 Å². The zero-order valence-corrected chi connectivity index (χ0v) is 20.8. The number of rotatable bonds is 3. The van der Waals surface area contributed by atoms with Crippen LogP contribution in [0.25, 0.3) is 22.2 Å². The molecule has 1 aromatic carbocycles. The predicted molar refractivity (Wildman–Crippen MR) is 142 cm³/mol. The molecule has 0 unspecified atom stereocenters. The Morgan fingerprint density at radius 3 is 2.84 bits per heavy atom. The lowest BCUT2D eigenvalue weighted by Gasteiger charge is -2.25. The Bertz CT molecular complexity index is 1610. The Hall–Kier alpha value is -4.40. The second kappa shape index (κ2) is 8.06. The maximum absolute atomic E-state index is 13.0. The number of hydrogen-bond acceptors (Lipinski definition) is 6. The van der Waals surface area contributed by atoms with E-state index in [1.165, 1.54) is 0 Å². The maximum atomic E-state index is 13.0. The third-order valence-corrected chi connectivity index (χ3v) is 7.85. The van der Waals surface area contributed by atoms with Crippen molar-refractivity contribution in [2.24, 2.45) is 7.05 Å². The van der Waals surface area contributed by atoms with Gasteiger partial charge in [-0.1, -0.05) is 6.07 Å². The summed E-state index contributed by atoms with van der Waals surface area (Å²) in [5, 5.41) is 7.45. The van der Waals surface area contributed by atoms with Crippen molar-refractivity contribution in [2.45, 2.75) is 32.0 Å². The molecule has 0 spiro atoms. The van der Waals surface area contributed by atoms with Gasteiger partial charge in [-0.3, -0.25) is 9.59 Å². The number of aromatic nitrogens is 3. The van der Waals surface area contributed by atoms with Crippen molar-refractivity contribution in [2.75, 3.05) is 23.8 Å². The summed E-state index contributed by atoms with van der Waals surface area (Å²) in [5.74, 6) is 0.706. The fraction of sp³-hybridized carbons (Fsp3) is 0.286. The van der Waals surface area contributed by atoms with Crippen molar-refractivity contribution in [1.82, 2.24) is 24.8 Å². The van der Waals surface area contributed by atoms with Crippen molar-refractivity contribution in [3.05, 3.63) is 65.6 Å². The van der Waals surface area contributed by atoms with Crippen LogP contribution in [0.4, 0.5) is 17.2 Å². The van der Waals surface area contributed by atoms with E-state index in [1.807, 2.05) is 55.3 Å². The molecule has 186 valence electrons. The summed E-state index contributed by atoms with van der Waals surface area (Å²) in [4.78, 5) is 39.2. The Labute approximate surface area is 214 Å². The smallest absolute Gasteiger partial charge is 0.254 e. The maximum Gasteiger partial charge on any atom is 0.254 e. The number of amides is 2. The predicted octanol–water partition coefficient (Wildman–Crippen LogP) is 3.56. The van der Waals surface area contributed by atoms with Crippen LogP contribution < -0.4 is 15.5 Å². The van der Waals surface area contributed by atoms with E-state index in [-0.39, 0.29) is 17.9 Å². The first-order valence-corrected chi connectivity index (χ1v) is 12.6. The normalized spacial score (nSPS) is 18.5. The molecule has 1 atom stereocenters. The summed E-state index contributed by atoms with van der Waals surface area (Å²) in [6.45, 7) is 1.80. The third kappa shape index (κ3) is 3.30. The molecule has 9 heteroatoms. The lowest BCUT2D eigenvalue weighted by molar-refractivity contribution is -0.131. The van der Waals surface area contributed by atoms with Gasteiger partial charge in [0.05, 0.1) is 29.2 Å². The lowest BCUT2D eigenvalue weighted by atomic mass is 9.94. The Balaban J connectivity index is 1.28. The van der Waals surface area contributed by atoms with Gasteiger partial charge in [0.1, 0.15) is 17.5 Å². The Kier molecular flexibility index (Phi) is 4.76. The molecular formula is C28H27N7O2. The van der Waals surface area contributed by atoms with E-state index in [0.717, 1.165) is 64.2 Å². The van der Waals surface area contributed by atoms with Crippen LogP contribution >= 0.6 is 0 Å². The zero-order valence-electron chi connectivity index (χ0n) is 20.8. The van der Waals surface area contributed by atoms with Crippen LogP contribution in [0.5, 0.6) is 0 Å². The molecule has 9 nitrogen and oxygen atoms in total. The van der Waals surface area contributed by atoms with Crippen LogP contribution in [0.3, 0.4) is 0 Å². The number of nitrogens with zero attached hydrogens (tertiary/aromatic N) is 5. The molecule has 3 aromatic heterocycles. The van der Waals surface area contributed by atoms with Gasteiger partial charge >= 0.3 is 0 Å². The minimum atomic E-state index is -0.101. The highest BCUT2D eigenvalue weighted by Crippen LogP contribution is 2.38. The van der Waals surface area contributed by atoms with Crippen LogP contribution in [0.15, 0.2) is 48.8 Å². The van der Waals surface area contributed by atoms with Gasteiger partial charge in [0.25, 0.3) is 5.91 Å². The van der Waals surface area contributed by atoms with Crippen molar-refractivity contribution in [3.63, 3.8) is 0 Å². The number of benzene rings is 1. The molecule has 37 heavy (non-hydrogen) atoms. The first-order chi connectivity index (χ1) is 18.0. The summed E-state index contributed by atoms with van der Waals surface area (Å²) < 4.78 is 2.00. The van der Waals surface area contributed by atoms with Crippen LogP contribution in [0, 0.1) is 0 Å². The summed E-state index contributed by atoms with van der Waals surface area (Å²) in [5.41, 5.74) is 7.20. The SMILES string of the molecule is CN1Cc2nc(Nc3ccc(-c4ccnc5c4ccn5C)c4c3C(=O)NC4)ccc2N2CCC[C@H]2C1=O. The van der Waals surface area contributed by atoms with E-state index in [1.54, 1.807) is 4.90 Å². The molecule has 3 aliphatic rings. The number of carbonyl (C=O) groups excluding carboxylic acids is 2. The highest BCUT2D eigenvalue weighted by molar-refractivity contribution is 6.07. The Morgan fingerprint density at radius 2 is 1.95 bits per heavy atom. The minimum absolute atomic E-state index is 0.0993. The van der Waals surface area contributed by atoms with Gasteiger partial charge in [0.15, 0.2) is 0 Å². The molecule has 0 bridgehead atoms. The molecule has 2 amide bonds. The van der Waals surface area contributed by atoms with Crippen molar-refractivity contribution >= 4 is 40.0 Å². The average molecular weight is 494 g/mol. The van der Waals surface area contributed by atoms with Gasteiger partial charge in [-0.05, 0) is 59.9 Å². The zero-order chi connectivity index (χ0) is 25.3. The number of likely N-dealkylation sites (N-methyl/N-ethyl adjacent to an activating group) is 1. The van der Waals surface area contributed by atoms with E-state index >= 15 is 0 Å². The van der Waals surface area contributed by atoms with Crippen LogP contribution in [-0.4, -0.2) is 50.9 Å². The summed E-state index contributed by atoms with van der Waals surface area (Å²) in [6, 6.07) is 12.0. The molecule has 7 rings (SSSR count). The molecule has 0 radical (unpaired) electrons. The topological polar surface area (TPSA) is 95.4 Å². The second-order valence-electron chi connectivity index (χ2n) is 10.1. The average Bonchev–Trinajstić information content (AvgIpc) is 3.62. The number of nitrogens with one attached hydrogen (secondary N) is 2. The van der Waals surface area contributed by atoms with Crippen molar-refractivity contribution in [3.8, 4) is 11.1 Å². The minimum Gasteiger partial charge on any atom is -0.358 e. The second-order valence-corrected chi connectivity index (χ2v) is 10.1. The lowest BCUT2D eigenvalue weighted by Crippen LogP contribution is -2.41. The van der Waals surface area contributed by atoms with Crippen LogP contribution in [0.1, 0.15) is 34.5 Å². The molecular weight excluding hydrogens is 466 g/mol. The summed E-state index contributed by atoms with van der Waals surface area (Å²) in [6.07, 6.45) is 5.69. The van der Waals surface area contributed by atoms with E-state index in [0.29, 0.717) is 24.5 Å². The number of carbonyl (C=O) groups is 2. The number of anilines is 3. The van der Waals surface area contributed by atoms with Gasteiger partial charge in [0.2, 0.25) is 5.91 Å². The first kappa shape index (κ1) is 21.8. The number of aryl methyl sites for hydroxylation is 1. The standard InChI is InChI=1S/C28H27N7O2/c1-33-13-10-18-17(9-11-29-26(18)33)16-5-6-20(25-19(16)14-30-27(25)36)31-24-8-7-22-21(32-24)15-34(2)28(37)23-4-3-12-35(22)23/h5-11,13,23H,3-4,12,14-15H2,1-2H3,(H,30,36)(H,31,32)/t23-/m0/s1. The van der Waals surface area contributed by atoms with Crippen molar-refractivity contribution < 1.29 is 9.59 Å². The molecule has 3 aliphatic heterocycles. The fourth-order valence-electron chi connectivity index (χ4n) is 6.05. The van der Waals surface area contributed by atoms with Crippen molar-refractivity contribution in [1.29, 1.82) is 0 Å². The number of hydrogen-bond donors (Lipinski definition) is 2. The summed E-state index contributed by atoms with van der Waals surface area (Å²) >= 11 is 0. The highest BCUT2D eigenvalue weighted by atomic mass is 16.2. The third-order valence-electron chi connectivity index (χ3n) is 7.85. The van der Waals surface area contributed by atoms with E-state index in [9.17, 15) is 9.59 Å². The fourth-order valence-corrected chi connectivity index (χ4v) is 6.05. The van der Waals surface area contributed by atoms with Gasteiger partial charge < -0.3 is 25.0 Å². The molecule has 0 aliphatic carbocycles. The Morgan fingerprint density at radius 1 is 1.05 bits per heavy atom. The summed E-state index contributed by atoms with van der Waals surface area (Å²) in [7, 11) is 3.82. The number of pyridine rings is 2. The molecule has 6 heterocycles. The molecule has 2 N–H and O–H groups in total. The highest BCUT2D eigenvalue weighted by Gasteiger charge is 2.37. The molecule has 4 aromatic rings. The first-order valence-electron chi connectivity index (χ1n) is 12.6. The molecule has 1 saturated heterocycles. The van der Waals surface area contributed by atoms with Gasteiger partial charge in [0, 0.05) is 45.0 Å². The molecule has 0 saturated carbocycles. The van der Waals surface area contributed by atoms with E-state index < -0.39 is 0 Å². The van der Waals surface area contributed by atoms with Crippen LogP contribution in [-0.2, 0) is 24.9 Å². The van der Waals surface area contributed by atoms with Gasteiger partial charge in [-0.2, -0.15) is 0 Å². The number of fused-ring (bicyclic) bond motifs is 5. The van der Waals surface area contributed by atoms with Crippen LogP contribution in [0.2, 0.25) is 0 Å².